The first-order valence-electron chi connectivity index (χ1n) is 4.85. The molecule has 2 rings (SSSR count). The van der Waals surface area contributed by atoms with Gasteiger partial charge in [-0.1, -0.05) is 15.9 Å². The number of nitrogens with zero attached hydrogens (tertiary/aromatic N) is 1. The van der Waals surface area contributed by atoms with Crippen LogP contribution >= 0.6 is 27.3 Å². The van der Waals surface area contributed by atoms with E-state index in [1.807, 2.05) is 5.51 Å². The Balaban J connectivity index is 2.04. The first kappa shape index (κ1) is 10.6. The van der Waals surface area contributed by atoms with Gasteiger partial charge in [0.15, 0.2) is 0 Å². The average Bonchev–Trinajstić information content (AvgIpc) is 2.72. The minimum Gasteiger partial charge on any atom is -0.381 e. The van der Waals surface area contributed by atoms with Crippen LogP contribution in [0.1, 0.15) is 18.5 Å². The number of rotatable bonds is 3. The Morgan fingerprint density at radius 3 is 3.14 bits per heavy atom. The summed E-state index contributed by atoms with van der Waals surface area (Å²) in [4.78, 5) is 4.35. The first-order valence-corrected chi connectivity index (χ1v) is 6.92. The molecular weight excluding hydrogens is 262 g/mol. The Labute approximate surface area is 96.8 Å². The maximum atomic E-state index is 5.57. The lowest BCUT2D eigenvalue weighted by Crippen LogP contribution is -2.35. The van der Waals surface area contributed by atoms with Gasteiger partial charge in [-0.2, -0.15) is 0 Å². The predicted molar refractivity (Wildman–Crippen MR) is 62.1 cm³/mol. The normalized spacial score (nSPS) is 27.8. The molecule has 14 heavy (non-hydrogen) atoms. The summed E-state index contributed by atoms with van der Waals surface area (Å²) in [5.74, 6) is 0. The van der Waals surface area contributed by atoms with Gasteiger partial charge in [0, 0.05) is 22.7 Å². The van der Waals surface area contributed by atoms with Crippen LogP contribution in [0.25, 0.3) is 0 Å². The second kappa shape index (κ2) is 4.73. The molecule has 1 aliphatic heterocycles. The van der Waals surface area contributed by atoms with Crippen LogP contribution in [0.15, 0.2) is 10.9 Å². The topological polar surface area (TPSA) is 22.1 Å². The zero-order valence-electron chi connectivity index (χ0n) is 8.04. The van der Waals surface area contributed by atoms with Crippen molar-refractivity contribution < 1.29 is 4.74 Å². The lowest BCUT2D eigenvalue weighted by Gasteiger charge is -2.35. The maximum absolute atomic E-state index is 5.57. The minimum absolute atomic E-state index is 0.284. The Hall–Kier alpha value is 0.0700. The summed E-state index contributed by atoms with van der Waals surface area (Å²) in [6.07, 6.45) is 3.47. The molecule has 0 bridgehead atoms. The Morgan fingerprint density at radius 2 is 2.57 bits per heavy atom. The third-order valence-corrected chi connectivity index (χ3v) is 4.55. The van der Waals surface area contributed by atoms with E-state index in [9.17, 15) is 0 Å². The van der Waals surface area contributed by atoms with Crippen molar-refractivity contribution in [2.75, 3.05) is 18.5 Å². The van der Waals surface area contributed by atoms with E-state index < -0.39 is 0 Å². The Kier molecular flexibility index (Phi) is 3.57. The third kappa shape index (κ3) is 2.35. The van der Waals surface area contributed by atoms with E-state index in [2.05, 4.69) is 26.3 Å². The highest BCUT2D eigenvalue weighted by Crippen LogP contribution is 2.34. The van der Waals surface area contributed by atoms with Crippen molar-refractivity contribution in [1.82, 2.24) is 4.98 Å². The van der Waals surface area contributed by atoms with Gasteiger partial charge in [0.05, 0.1) is 17.8 Å². The molecule has 0 aliphatic carbocycles. The number of alkyl halides is 1. The molecule has 1 atom stereocenters. The molecule has 1 aromatic heterocycles. The third-order valence-electron chi connectivity index (χ3n) is 2.73. The first-order chi connectivity index (χ1) is 6.85. The van der Waals surface area contributed by atoms with Gasteiger partial charge < -0.3 is 4.74 Å². The van der Waals surface area contributed by atoms with E-state index in [1.165, 1.54) is 18.5 Å². The molecule has 1 unspecified atom stereocenters. The SMILES string of the molecule is BrCC1(Cc2cscn2)CCCOC1. The molecule has 0 aromatic carbocycles. The lowest BCUT2D eigenvalue weighted by molar-refractivity contribution is 0.00575. The van der Waals surface area contributed by atoms with Gasteiger partial charge in [-0.05, 0) is 19.3 Å². The molecule has 1 saturated heterocycles. The number of thiazole rings is 1. The predicted octanol–water partition coefficient (Wildman–Crippen LogP) is 2.88. The second-order valence-corrected chi connectivity index (χ2v) is 5.23. The van der Waals surface area contributed by atoms with Crippen molar-refractivity contribution in [2.45, 2.75) is 19.3 Å². The summed E-state index contributed by atoms with van der Waals surface area (Å²) in [5, 5.41) is 3.15. The summed E-state index contributed by atoms with van der Waals surface area (Å²) in [5.41, 5.74) is 3.40. The summed E-state index contributed by atoms with van der Waals surface area (Å²) < 4.78 is 5.57. The van der Waals surface area contributed by atoms with Crippen molar-refractivity contribution in [1.29, 1.82) is 0 Å². The molecule has 0 radical (unpaired) electrons. The second-order valence-electron chi connectivity index (χ2n) is 3.95. The van der Waals surface area contributed by atoms with Crippen LogP contribution in [-0.4, -0.2) is 23.5 Å². The van der Waals surface area contributed by atoms with Gasteiger partial charge in [0.25, 0.3) is 0 Å². The molecule has 0 saturated carbocycles. The highest BCUT2D eigenvalue weighted by molar-refractivity contribution is 9.09. The molecular formula is C10H14BrNOS. The molecule has 1 fully saturated rings. The standard InChI is InChI=1S/C10H14BrNOS/c11-6-10(2-1-3-13-7-10)4-9-5-14-8-12-9/h5,8H,1-4,6-7H2. The molecule has 1 aliphatic rings. The number of hydrogen-bond donors (Lipinski definition) is 0. The minimum atomic E-state index is 0.284. The largest absolute Gasteiger partial charge is 0.381 e. The van der Waals surface area contributed by atoms with Gasteiger partial charge in [-0.3, -0.25) is 0 Å². The zero-order valence-corrected chi connectivity index (χ0v) is 10.4. The van der Waals surface area contributed by atoms with E-state index in [0.29, 0.717) is 0 Å². The van der Waals surface area contributed by atoms with E-state index in [0.717, 1.165) is 25.0 Å². The monoisotopic (exact) mass is 275 g/mol. The van der Waals surface area contributed by atoms with Gasteiger partial charge >= 0.3 is 0 Å². The smallest absolute Gasteiger partial charge is 0.0794 e. The van der Waals surface area contributed by atoms with Gasteiger partial charge in [-0.25, -0.2) is 4.98 Å². The fourth-order valence-corrected chi connectivity index (χ4v) is 3.11. The van der Waals surface area contributed by atoms with Crippen LogP contribution in [0.3, 0.4) is 0 Å². The van der Waals surface area contributed by atoms with Crippen molar-refractivity contribution in [2.24, 2.45) is 5.41 Å². The van der Waals surface area contributed by atoms with E-state index in [1.54, 1.807) is 11.3 Å². The van der Waals surface area contributed by atoms with Crippen molar-refractivity contribution in [3.8, 4) is 0 Å². The molecule has 0 spiro atoms. The molecule has 4 heteroatoms. The molecule has 0 N–H and O–H groups in total. The number of hydrogen-bond acceptors (Lipinski definition) is 3. The van der Waals surface area contributed by atoms with Crippen LogP contribution in [0, 0.1) is 5.41 Å². The fourth-order valence-electron chi connectivity index (χ4n) is 1.91. The number of aromatic nitrogens is 1. The molecule has 2 heterocycles. The van der Waals surface area contributed by atoms with Crippen molar-refractivity contribution >= 4 is 27.3 Å². The van der Waals surface area contributed by atoms with Crippen LogP contribution in [0.2, 0.25) is 0 Å². The zero-order chi connectivity index (χ0) is 9.86. The van der Waals surface area contributed by atoms with Gasteiger partial charge in [-0.15, -0.1) is 11.3 Å². The highest BCUT2D eigenvalue weighted by Gasteiger charge is 2.32. The van der Waals surface area contributed by atoms with Gasteiger partial charge in [0.2, 0.25) is 0 Å². The van der Waals surface area contributed by atoms with Crippen LogP contribution in [0.5, 0.6) is 0 Å². The molecule has 78 valence electrons. The van der Waals surface area contributed by atoms with E-state index in [4.69, 9.17) is 4.74 Å². The van der Waals surface area contributed by atoms with E-state index in [-0.39, 0.29) is 5.41 Å². The van der Waals surface area contributed by atoms with E-state index >= 15 is 0 Å². The fraction of sp³-hybridized carbons (Fsp3) is 0.700. The number of halogens is 1. The molecule has 2 nitrogen and oxygen atoms in total. The van der Waals surface area contributed by atoms with Crippen molar-refractivity contribution in [3.05, 3.63) is 16.6 Å². The summed E-state index contributed by atoms with van der Waals surface area (Å²) >= 11 is 5.28. The van der Waals surface area contributed by atoms with Crippen LogP contribution < -0.4 is 0 Å². The Morgan fingerprint density at radius 1 is 1.64 bits per heavy atom. The Bertz CT molecular complexity index is 270. The lowest BCUT2D eigenvalue weighted by atomic mass is 9.81. The van der Waals surface area contributed by atoms with Crippen molar-refractivity contribution in [3.63, 3.8) is 0 Å². The maximum Gasteiger partial charge on any atom is 0.0794 e. The molecule has 0 amide bonds. The quantitative estimate of drug-likeness (QED) is 0.792. The summed E-state index contributed by atoms with van der Waals surface area (Å²) in [6, 6.07) is 0. The van der Waals surface area contributed by atoms with Crippen LogP contribution in [-0.2, 0) is 11.2 Å². The van der Waals surface area contributed by atoms with Crippen LogP contribution in [0.4, 0.5) is 0 Å². The average molecular weight is 276 g/mol. The van der Waals surface area contributed by atoms with Gasteiger partial charge in [0.1, 0.15) is 0 Å². The summed E-state index contributed by atoms with van der Waals surface area (Å²) in [7, 11) is 0. The summed E-state index contributed by atoms with van der Waals surface area (Å²) in [6.45, 7) is 1.79. The molecule has 1 aromatic rings. The highest BCUT2D eigenvalue weighted by atomic mass is 79.9. The number of ether oxygens (including phenoxy) is 1.